The summed E-state index contributed by atoms with van der Waals surface area (Å²) in [4.78, 5) is 7.51. The van der Waals surface area contributed by atoms with Gasteiger partial charge >= 0.3 is 0 Å². The van der Waals surface area contributed by atoms with Crippen LogP contribution in [0, 0.1) is 5.41 Å². The maximum atomic E-state index is 10.6. The largest absolute Gasteiger partial charge is 0.505 e. The number of pyridine rings is 1. The van der Waals surface area contributed by atoms with Crippen LogP contribution in [0.4, 0.5) is 5.69 Å². The molecule has 0 amide bonds. The van der Waals surface area contributed by atoms with Crippen LogP contribution in [0.5, 0.6) is 5.75 Å². The summed E-state index contributed by atoms with van der Waals surface area (Å²) >= 11 is 13.6. The molecule has 30 heavy (non-hydrogen) atoms. The van der Waals surface area contributed by atoms with E-state index in [0.717, 1.165) is 23.7 Å². The van der Waals surface area contributed by atoms with E-state index in [-0.39, 0.29) is 12.4 Å². The van der Waals surface area contributed by atoms with Crippen LogP contribution in [0.2, 0.25) is 10.0 Å². The molecule has 1 spiro atoms. The van der Waals surface area contributed by atoms with Gasteiger partial charge < -0.3 is 15.1 Å². The van der Waals surface area contributed by atoms with Gasteiger partial charge in [-0.25, -0.2) is 4.98 Å². The lowest BCUT2D eigenvalue weighted by Gasteiger charge is -2.41. The van der Waals surface area contributed by atoms with E-state index in [1.54, 1.807) is 12.1 Å². The fourth-order valence-corrected chi connectivity index (χ4v) is 5.84. The number of aromatic hydroxyl groups is 1. The number of aliphatic hydroxyl groups excluding tert-OH is 1. The molecule has 1 aromatic heterocycles. The molecule has 0 atom stereocenters. The highest BCUT2D eigenvalue weighted by molar-refractivity contribution is 7.99. The lowest BCUT2D eigenvalue weighted by atomic mass is 9.77. The fraction of sp³-hybridized carbons (Fsp3) is 0.522. The zero-order valence-electron chi connectivity index (χ0n) is 17.6. The molecule has 0 unspecified atom stereocenters. The van der Waals surface area contributed by atoms with E-state index in [4.69, 9.17) is 23.2 Å². The lowest BCUT2D eigenvalue weighted by Crippen LogP contribution is -2.39. The Balaban J connectivity index is 0.00000124. The molecule has 0 radical (unpaired) electrons. The smallest absolute Gasteiger partial charge is 0.150 e. The summed E-state index contributed by atoms with van der Waals surface area (Å²) < 4.78 is 0. The first-order chi connectivity index (χ1) is 14.5. The van der Waals surface area contributed by atoms with Gasteiger partial charge in [0.2, 0.25) is 0 Å². The summed E-state index contributed by atoms with van der Waals surface area (Å²) in [5, 5.41) is 21.8. The van der Waals surface area contributed by atoms with Crippen LogP contribution < -0.4 is 4.90 Å². The number of hydrogen-bond donors (Lipinski definition) is 2. The van der Waals surface area contributed by atoms with Crippen LogP contribution in [0.25, 0.3) is 0 Å². The van der Waals surface area contributed by atoms with Crippen LogP contribution in [-0.4, -0.2) is 28.3 Å². The molecule has 1 aliphatic heterocycles. The maximum absolute atomic E-state index is 10.6. The summed E-state index contributed by atoms with van der Waals surface area (Å²) in [5.74, 6) is 0.0920. The van der Waals surface area contributed by atoms with E-state index in [1.807, 2.05) is 26.0 Å². The van der Waals surface area contributed by atoms with E-state index >= 15 is 0 Å². The molecule has 4 rings (SSSR count). The Morgan fingerprint density at radius 1 is 1.10 bits per heavy atom. The quantitative estimate of drug-likeness (QED) is 0.509. The van der Waals surface area contributed by atoms with Crippen LogP contribution in [0.1, 0.15) is 58.1 Å². The zero-order chi connectivity index (χ0) is 21.7. The molecule has 2 aromatic rings. The van der Waals surface area contributed by atoms with Crippen molar-refractivity contribution in [1.29, 1.82) is 0 Å². The molecular weight excluding hydrogens is 439 g/mol. The highest BCUT2D eigenvalue weighted by Crippen LogP contribution is 2.47. The molecule has 1 saturated carbocycles. The Labute approximate surface area is 193 Å². The van der Waals surface area contributed by atoms with Crippen LogP contribution in [-0.2, 0) is 6.61 Å². The first-order valence-electron chi connectivity index (χ1n) is 10.7. The zero-order valence-corrected chi connectivity index (χ0v) is 20.0. The van der Waals surface area contributed by atoms with Crippen molar-refractivity contribution in [3.8, 4) is 5.75 Å². The number of hydrogen-bond acceptors (Lipinski definition) is 5. The second kappa shape index (κ2) is 10.4. The van der Waals surface area contributed by atoms with E-state index in [9.17, 15) is 10.2 Å². The van der Waals surface area contributed by atoms with Crippen molar-refractivity contribution in [1.82, 2.24) is 4.98 Å². The Bertz CT molecular complexity index is 863. The minimum atomic E-state index is -0.173. The third-order valence-corrected chi connectivity index (χ3v) is 8.11. The molecular formula is C23H30Cl2N2O2S. The molecule has 4 nitrogen and oxygen atoms in total. The van der Waals surface area contributed by atoms with Gasteiger partial charge in [0, 0.05) is 24.1 Å². The predicted molar refractivity (Wildman–Crippen MR) is 126 cm³/mol. The van der Waals surface area contributed by atoms with Crippen molar-refractivity contribution in [2.24, 2.45) is 5.41 Å². The van der Waals surface area contributed by atoms with E-state index in [2.05, 4.69) is 9.88 Å². The minimum absolute atomic E-state index is 0.0920. The summed E-state index contributed by atoms with van der Waals surface area (Å²) in [6, 6.07) is 7.09. The minimum Gasteiger partial charge on any atom is -0.505 e. The van der Waals surface area contributed by atoms with Gasteiger partial charge in [-0.05, 0) is 43.2 Å². The Hall–Kier alpha value is -1.14. The normalized spacial score (nSPS) is 17.7. The highest BCUT2D eigenvalue weighted by atomic mass is 35.5. The molecule has 1 saturated heterocycles. The second-order valence-corrected chi connectivity index (χ2v) is 9.60. The average Bonchev–Trinajstić information content (AvgIpc) is 3.22. The maximum Gasteiger partial charge on any atom is 0.150 e. The van der Waals surface area contributed by atoms with Crippen molar-refractivity contribution in [2.45, 2.75) is 68.9 Å². The van der Waals surface area contributed by atoms with Crippen LogP contribution in [0.3, 0.4) is 0 Å². The first kappa shape index (κ1) is 23.5. The fourth-order valence-electron chi connectivity index (χ4n) is 4.49. The van der Waals surface area contributed by atoms with Crippen LogP contribution in [0.15, 0.2) is 34.2 Å². The number of rotatable bonds is 4. The highest BCUT2D eigenvalue weighted by Gasteiger charge is 2.37. The van der Waals surface area contributed by atoms with Crippen molar-refractivity contribution in [3.05, 3.63) is 40.0 Å². The molecule has 1 aromatic carbocycles. The van der Waals surface area contributed by atoms with Crippen molar-refractivity contribution in [3.63, 3.8) is 0 Å². The van der Waals surface area contributed by atoms with Crippen molar-refractivity contribution < 1.29 is 10.2 Å². The predicted octanol–water partition coefficient (Wildman–Crippen LogP) is 6.92. The molecule has 7 heteroatoms. The van der Waals surface area contributed by atoms with Gasteiger partial charge in [0.1, 0.15) is 10.8 Å². The SMILES string of the molecule is CC.OCc1nc(Sc2cccc(Cl)c2Cl)c(O)cc1N1CCC2(CCCC2)CC1. The van der Waals surface area contributed by atoms with Gasteiger partial charge in [0.15, 0.2) is 0 Å². The van der Waals surface area contributed by atoms with Gasteiger partial charge in [-0.2, -0.15) is 0 Å². The van der Waals surface area contributed by atoms with E-state index in [0.29, 0.717) is 26.2 Å². The van der Waals surface area contributed by atoms with Crippen molar-refractivity contribution in [2.75, 3.05) is 18.0 Å². The summed E-state index contributed by atoms with van der Waals surface area (Å²) in [5.41, 5.74) is 1.93. The molecule has 1 aliphatic carbocycles. The average molecular weight is 469 g/mol. The van der Waals surface area contributed by atoms with Gasteiger partial charge in [0.25, 0.3) is 0 Å². The van der Waals surface area contributed by atoms with E-state index in [1.165, 1.54) is 50.3 Å². The number of anilines is 1. The standard InChI is InChI=1S/C21H24Cl2N2O2S.C2H6/c22-14-4-3-5-18(19(14)23)28-20-17(27)12-16(15(13-26)24-20)25-10-8-21(9-11-25)6-1-2-7-21;1-2/h3-5,12,26-27H,1-2,6-11,13H2;1-2H3. The van der Waals surface area contributed by atoms with E-state index < -0.39 is 0 Å². The van der Waals surface area contributed by atoms with Gasteiger partial charge in [-0.3, -0.25) is 0 Å². The topological polar surface area (TPSA) is 56.6 Å². The van der Waals surface area contributed by atoms with Crippen LogP contribution >= 0.6 is 35.0 Å². The number of piperidine rings is 1. The molecule has 164 valence electrons. The third kappa shape index (κ3) is 5.01. The number of aliphatic hydroxyl groups is 1. The Morgan fingerprint density at radius 2 is 1.77 bits per heavy atom. The van der Waals surface area contributed by atoms with Gasteiger partial charge in [-0.15, -0.1) is 0 Å². The number of halogens is 2. The number of nitrogens with zero attached hydrogens (tertiary/aromatic N) is 2. The number of aromatic nitrogens is 1. The lowest BCUT2D eigenvalue weighted by molar-refractivity contribution is 0.225. The van der Waals surface area contributed by atoms with Crippen molar-refractivity contribution >= 4 is 40.7 Å². The molecule has 0 bridgehead atoms. The third-order valence-electron chi connectivity index (χ3n) is 6.13. The second-order valence-electron chi connectivity index (χ2n) is 7.78. The summed E-state index contributed by atoms with van der Waals surface area (Å²) in [6.07, 6.45) is 7.73. The first-order valence-corrected chi connectivity index (χ1v) is 12.3. The molecule has 2 N–H and O–H groups in total. The molecule has 2 heterocycles. The Morgan fingerprint density at radius 3 is 2.40 bits per heavy atom. The number of benzene rings is 1. The summed E-state index contributed by atoms with van der Waals surface area (Å²) in [6.45, 7) is 5.72. The van der Waals surface area contributed by atoms with Gasteiger partial charge in [0.05, 0.1) is 28.0 Å². The summed E-state index contributed by atoms with van der Waals surface area (Å²) in [7, 11) is 0. The molecule has 2 aliphatic rings. The van der Waals surface area contributed by atoms with Gasteiger partial charge in [-0.1, -0.05) is 67.7 Å². The monoisotopic (exact) mass is 468 g/mol. The Kier molecular flexibility index (Phi) is 8.19. The molecule has 2 fully saturated rings.